The highest BCUT2D eigenvalue weighted by atomic mass is 16.9. The highest BCUT2D eigenvalue weighted by Crippen LogP contribution is 2.06. The van der Waals surface area contributed by atoms with Gasteiger partial charge in [0.1, 0.15) is 0 Å². The summed E-state index contributed by atoms with van der Waals surface area (Å²) in [6.45, 7) is 0. The van der Waals surface area contributed by atoms with Crippen LogP contribution in [0.4, 0.5) is 9.59 Å². The molecule has 0 fully saturated rings. The van der Waals surface area contributed by atoms with E-state index < -0.39 is 18.5 Å². The molecule has 1 atom stereocenters. The van der Waals surface area contributed by atoms with Gasteiger partial charge in [0.2, 0.25) is 0 Å². The zero-order valence-corrected chi connectivity index (χ0v) is 8.39. The molecule has 0 spiro atoms. The molecular weight excluding hydrogens is 224 g/mol. The van der Waals surface area contributed by atoms with Crippen molar-refractivity contribution >= 4 is 18.5 Å². The second-order valence-corrected chi connectivity index (χ2v) is 2.23. The average Bonchev–Trinajstić information content (AvgIpc) is 2.31. The molecule has 1 unspecified atom stereocenters. The first-order chi connectivity index (χ1) is 7.65. The van der Waals surface area contributed by atoms with Gasteiger partial charge in [0.25, 0.3) is 6.23 Å². The summed E-state index contributed by atoms with van der Waals surface area (Å²) in [4.78, 5) is 25.6. The van der Waals surface area contributed by atoms with Crippen molar-refractivity contribution in [2.75, 3.05) is 14.2 Å². The third-order valence-electron chi connectivity index (χ3n) is 1.24. The number of methoxy groups -OCH3 is 2. The number of carbonyl (C=O) groups excluding carboxylic acids is 2. The van der Waals surface area contributed by atoms with Gasteiger partial charge in [-0.25, -0.2) is 9.59 Å². The second-order valence-electron chi connectivity index (χ2n) is 2.23. The van der Waals surface area contributed by atoms with E-state index in [9.17, 15) is 9.59 Å². The fourth-order valence-corrected chi connectivity index (χ4v) is 0.609. The van der Waals surface area contributed by atoms with Gasteiger partial charge >= 0.3 is 12.3 Å². The number of rotatable bonds is 2. The molecule has 0 bridgehead atoms. The molecule has 0 aromatic carbocycles. The largest absolute Gasteiger partial charge is 0.536 e. The molecule has 0 amide bonds. The number of carbonyl (C=O) groups is 2. The minimum Gasteiger partial charge on any atom is -0.438 e. The van der Waals surface area contributed by atoms with Gasteiger partial charge in [-0.05, 0) is 5.22 Å². The van der Waals surface area contributed by atoms with Crippen molar-refractivity contribution < 1.29 is 28.6 Å². The average molecular weight is 232 g/mol. The molecule has 0 saturated heterocycles. The minimum absolute atomic E-state index is 0.503. The van der Waals surface area contributed by atoms with E-state index in [0.29, 0.717) is 5.28 Å². The Morgan fingerprint density at radius 2 is 1.94 bits per heavy atom. The molecule has 0 radical (unpaired) electrons. The summed E-state index contributed by atoms with van der Waals surface area (Å²) in [5.74, 6) is 0. The third kappa shape index (κ3) is 3.40. The first-order valence-corrected chi connectivity index (χ1v) is 3.91. The van der Waals surface area contributed by atoms with Crippen LogP contribution >= 0.6 is 0 Å². The number of ether oxygens (including phenoxy) is 3. The quantitative estimate of drug-likeness (QED) is 0.635. The predicted molar refractivity (Wildman–Crippen MR) is 46.0 cm³/mol. The molecule has 1 rings (SSSR count). The van der Waals surface area contributed by atoms with Gasteiger partial charge in [-0.2, -0.15) is 0 Å². The van der Waals surface area contributed by atoms with E-state index in [1.165, 1.54) is 0 Å². The lowest BCUT2D eigenvalue weighted by molar-refractivity contribution is -0.135. The summed E-state index contributed by atoms with van der Waals surface area (Å²) < 4.78 is 12.9. The fourth-order valence-electron chi connectivity index (χ4n) is 0.609. The molecule has 0 aliphatic carbocycles. The fraction of sp³-hybridized carbons (Fsp3) is 0.500. The van der Waals surface area contributed by atoms with Crippen LogP contribution in [0.5, 0.6) is 0 Å². The van der Waals surface area contributed by atoms with Crippen LogP contribution in [0.3, 0.4) is 0 Å². The van der Waals surface area contributed by atoms with Crippen molar-refractivity contribution in [3.05, 3.63) is 0 Å². The second kappa shape index (κ2) is 5.48. The van der Waals surface area contributed by atoms with E-state index in [2.05, 4.69) is 34.5 Å². The van der Waals surface area contributed by atoms with Crippen molar-refractivity contribution in [1.82, 2.24) is 5.28 Å². The number of hydrazone groups is 1. The van der Waals surface area contributed by atoms with Crippen LogP contribution in [-0.4, -0.2) is 44.3 Å². The third-order valence-corrected chi connectivity index (χ3v) is 1.24. The van der Waals surface area contributed by atoms with Gasteiger partial charge < -0.3 is 14.2 Å². The maximum absolute atomic E-state index is 10.7. The van der Waals surface area contributed by atoms with Crippen LogP contribution in [0.2, 0.25) is 0 Å². The van der Waals surface area contributed by atoms with E-state index in [1.807, 2.05) is 0 Å². The molecule has 0 aromatic heterocycles. The van der Waals surface area contributed by atoms with Crippen molar-refractivity contribution in [2.24, 2.45) is 15.4 Å². The van der Waals surface area contributed by atoms with Crippen LogP contribution in [0.25, 0.3) is 0 Å². The smallest absolute Gasteiger partial charge is 0.438 e. The van der Waals surface area contributed by atoms with Crippen molar-refractivity contribution in [1.29, 1.82) is 0 Å². The summed E-state index contributed by atoms with van der Waals surface area (Å²) >= 11 is 0. The van der Waals surface area contributed by atoms with Crippen molar-refractivity contribution in [3.63, 3.8) is 0 Å². The Kier molecular flexibility index (Phi) is 4.00. The molecule has 0 N–H and O–H groups in total. The van der Waals surface area contributed by atoms with Crippen LogP contribution in [0, 0.1) is 0 Å². The van der Waals surface area contributed by atoms with Crippen molar-refractivity contribution in [2.45, 2.75) is 6.23 Å². The van der Waals surface area contributed by atoms with Crippen LogP contribution in [0.1, 0.15) is 0 Å². The highest BCUT2D eigenvalue weighted by Gasteiger charge is 2.18. The maximum atomic E-state index is 10.7. The van der Waals surface area contributed by atoms with E-state index in [4.69, 9.17) is 0 Å². The summed E-state index contributed by atoms with van der Waals surface area (Å²) in [5.41, 5.74) is 0. The van der Waals surface area contributed by atoms with Crippen LogP contribution in [-0.2, 0) is 19.0 Å². The maximum Gasteiger partial charge on any atom is 0.536 e. The number of hydrogen-bond donors (Lipinski definition) is 0. The number of nitrogens with zero attached hydrogens (tertiary/aromatic N) is 4. The Morgan fingerprint density at radius 1 is 1.25 bits per heavy atom. The van der Waals surface area contributed by atoms with Gasteiger partial charge in [-0.1, -0.05) is 0 Å². The van der Waals surface area contributed by atoms with Gasteiger partial charge in [0, 0.05) is 5.28 Å². The molecule has 16 heavy (non-hydrogen) atoms. The molecular formula is C6H8N4O6. The van der Waals surface area contributed by atoms with Crippen LogP contribution in [0.15, 0.2) is 15.4 Å². The summed E-state index contributed by atoms with van der Waals surface area (Å²) in [6.07, 6.45) is -1.89. The molecule has 0 aromatic rings. The zero-order valence-electron chi connectivity index (χ0n) is 8.39. The summed E-state index contributed by atoms with van der Waals surface area (Å²) in [6, 6.07) is 0. The standard InChI is InChI=1S/C6H8N4O6/c1-13-5(11)15-4-3-7-10(9-8-4)16-6(12)14-2/h3-4H,1-2H3. The normalized spacial score (nSPS) is 17.9. The topological polar surface area (TPSA) is 111 Å². The van der Waals surface area contributed by atoms with Gasteiger partial charge in [0.15, 0.2) is 0 Å². The first-order valence-electron chi connectivity index (χ1n) is 3.91. The minimum atomic E-state index is -1.02. The molecule has 1 aliphatic heterocycles. The SMILES string of the molecule is COC(=O)OC1C=NN(OC(=O)OC)N=N1. The van der Waals surface area contributed by atoms with Gasteiger partial charge in [0.05, 0.1) is 20.4 Å². The molecule has 0 saturated carbocycles. The molecule has 1 heterocycles. The van der Waals surface area contributed by atoms with E-state index in [1.54, 1.807) is 0 Å². The Labute approximate surface area is 89.3 Å². The predicted octanol–water partition coefficient (Wildman–Crippen LogP) is 0.462. The highest BCUT2D eigenvalue weighted by molar-refractivity contribution is 5.68. The van der Waals surface area contributed by atoms with Gasteiger partial charge in [-0.15, -0.1) is 10.2 Å². The Balaban J connectivity index is 2.40. The van der Waals surface area contributed by atoms with Crippen LogP contribution < -0.4 is 0 Å². The van der Waals surface area contributed by atoms with E-state index in [-0.39, 0.29) is 0 Å². The molecule has 10 heteroatoms. The van der Waals surface area contributed by atoms with E-state index in [0.717, 1.165) is 20.4 Å². The van der Waals surface area contributed by atoms with Crippen molar-refractivity contribution in [3.8, 4) is 0 Å². The lowest BCUT2D eigenvalue weighted by Gasteiger charge is -2.14. The summed E-state index contributed by atoms with van der Waals surface area (Å²) in [5, 5.41) is 10.7. The Morgan fingerprint density at radius 3 is 2.44 bits per heavy atom. The van der Waals surface area contributed by atoms with Gasteiger partial charge in [-0.3, -0.25) is 4.84 Å². The monoisotopic (exact) mass is 232 g/mol. The first kappa shape index (κ1) is 11.7. The molecule has 88 valence electrons. The van der Waals surface area contributed by atoms with E-state index >= 15 is 0 Å². The Hall–Kier alpha value is -2.39. The molecule has 10 nitrogen and oxygen atoms in total. The lowest BCUT2D eigenvalue weighted by Crippen LogP contribution is -2.25. The molecule has 1 aliphatic rings. The Bertz CT molecular complexity index is 285. The zero-order chi connectivity index (χ0) is 12.0. The lowest BCUT2D eigenvalue weighted by atomic mass is 10.6. The number of hydrogen-bond acceptors (Lipinski definition) is 10. The summed E-state index contributed by atoms with van der Waals surface area (Å²) in [7, 11) is 2.27.